The van der Waals surface area contributed by atoms with Crippen LogP contribution in [0.3, 0.4) is 0 Å². The van der Waals surface area contributed by atoms with Crippen molar-refractivity contribution in [2.24, 2.45) is 20.0 Å². The molecule has 1 aliphatic heterocycles. The lowest BCUT2D eigenvalue weighted by molar-refractivity contribution is 0.0403. The predicted molar refractivity (Wildman–Crippen MR) is 88.9 cm³/mol. The highest BCUT2D eigenvalue weighted by Gasteiger charge is 2.29. The first-order valence-electron chi connectivity index (χ1n) is 8.34. The van der Waals surface area contributed by atoms with Crippen LogP contribution in [0.4, 0.5) is 0 Å². The van der Waals surface area contributed by atoms with Gasteiger partial charge in [-0.05, 0) is 33.2 Å². The zero-order chi connectivity index (χ0) is 16.6. The normalized spacial score (nSPS) is 20.8. The molecule has 6 nitrogen and oxygen atoms in total. The molecule has 2 atom stereocenters. The Balaban J connectivity index is 1.70. The summed E-state index contributed by atoms with van der Waals surface area (Å²) in [5.41, 5.74) is 3.66. The predicted octanol–water partition coefficient (Wildman–Crippen LogP) is 1.72. The van der Waals surface area contributed by atoms with Crippen molar-refractivity contribution >= 4 is 0 Å². The molecule has 0 radical (unpaired) electrons. The summed E-state index contributed by atoms with van der Waals surface area (Å²) in [6.45, 7) is 7.10. The minimum atomic E-state index is -0.492. The van der Waals surface area contributed by atoms with Gasteiger partial charge in [0.05, 0.1) is 5.69 Å². The van der Waals surface area contributed by atoms with Crippen LogP contribution >= 0.6 is 0 Å². The second kappa shape index (κ2) is 6.45. The number of aromatic nitrogens is 4. The summed E-state index contributed by atoms with van der Waals surface area (Å²) in [5.74, 6) is 1.01. The van der Waals surface area contributed by atoms with E-state index in [1.54, 1.807) is 6.20 Å². The van der Waals surface area contributed by atoms with Gasteiger partial charge in [0.2, 0.25) is 0 Å². The van der Waals surface area contributed by atoms with Crippen LogP contribution in [0.2, 0.25) is 0 Å². The standard InChI is InChI=1S/C17H27N5O/c1-12-15(13(2)21(4)19-12)11-22-8-5-6-14(10-22)16(23)17-18-7-9-20(17)3/h7,9,14,16,23H,5-6,8,10-11H2,1-4H3. The minimum Gasteiger partial charge on any atom is -0.385 e. The van der Waals surface area contributed by atoms with Crippen molar-refractivity contribution in [3.63, 3.8) is 0 Å². The summed E-state index contributed by atoms with van der Waals surface area (Å²) in [4.78, 5) is 6.75. The molecule has 23 heavy (non-hydrogen) atoms. The third-order valence-electron chi connectivity index (χ3n) is 5.15. The van der Waals surface area contributed by atoms with Gasteiger partial charge >= 0.3 is 0 Å². The smallest absolute Gasteiger partial charge is 0.137 e. The molecule has 0 saturated carbocycles. The first-order chi connectivity index (χ1) is 11.0. The molecular weight excluding hydrogens is 290 g/mol. The molecule has 0 bridgehead atoms. The Bertz CT molecular complexity index is 675. The van der Waals surface area contributed by atoms with Crippen molar-refractivity contribution in [1.29, 1.82) is 0 Å². The van der Waals surface area contributed by atoms with Crippen LogP contribution in [-0.2, 0) is 20.6 Å². The van der Waals surface area contributed by atoms with Crippen LogP contribution in [0, 0.1) is 19.8 Å². The Labute approximate surface area is 137 Å². The topological polar surface area (TPSA) is 59.1 Å². The van der Waals surface area contributed by atoms with Gasteiger partial charge in [-0.3, -0.25) is 9.58 Å². The van der Waals surface area contributed by atoms with Crippen LogP contribution in [0.1, 0.15) is 41.7 Å². The molecule has 2 unspecified atom stereocenters. The maximum Gasteiger partial charge on any atom is 0.137 e. The Morgan fingerprint density at radius 1 is 1.35 bits per heavy atom. The third-order valence-corrected chi connectivity index (χ3v) is 5.15. The van der Waals surface area contributed by atoms with Gasteiger partial charge in [-0.1, -0.05) is 0 Å². The summed E-state index contributed by atoms with van der Waals surface area (Å²) >= 11 is 0. The zero-order valence-corrected chi connectivity index (χ0v) is 14.5. The zero-order valence-electron chi connectivity index (χ0n) is 14.5. The Morgan fingerprint density at radius 3 is 2.74 bits per heavy atom. The average molecular weight is 317 g/mol. The Morgan fingerprint density at radius 2 is 2.13 bits per heavy atom. The first kappa shape index (κ1) is 16.2. The van der Waals surface area contributed by atoms with E-state index in [4.69, 9.17) is 0 Å². The monoisotopic (exact) mass is 317 g/mol. The Hall–Kier alpha value is -1.66. The number of imidazole rings is 1. The van der Waals surface area contributed by atoms with E-state index in [0.717, 1.165) is 44.0 Å². The van der Waals surface area contributed by atoms with Gasteiger partial charge in [0, 0.05) is 56.8 Å². The average Bonchev–Trinajstić information content (AvgIpc) is 3.06. The van der Waals surface area contributed by atoms with E-state index in [9.17, 15) is 5.11 Å². The van der Waals surface area contributed by atoms with Gasteiger partial charge in [-0.2, -0.15) is 5.10 Å². The molecular formula is C17H27N5O. The largest absolute Gasteiger partial charge is 0.385 e. The number of hydrogen-bond donors (Lipinski definition) is 1. The number of aryl methyl sites for hydroxylation is 3. The molecule has 6 heteroatoms. The molecule has 126 valence electrons. The van der Waals surface area contributed by atoms with E-state index in [-0.39, 0.29) is 5.92 Å². The van der Waals surface area contributed by atoms with Crippen LogP contribution in [0.15, 0.2) is 12.4 Å². The number of hydrogen-bond acceptors (Lipinski definition) is 4. The molecule has 0 spiro atoms. The maximum absolute atomic E-state index is 10.7. The molecule has 2 aromatic rings. The minimum absolute atomic E-state index is 0.238. The number of aliphatic hydroxyl groups excluding tert-OH is 1. The van der Waals surface area contributed by atoms with Crippen LogP contribution in [0.25, 0.3) is 0 Å². The number of nitrogens with zero attached hydrogens (tertiary/aromatic N) is 5. The van der Waals surface area contributed by atoms with E-state index in [1.807, 2.05) is 29.5 Å². The second-order valence-electron chi connectivity index (χ2n) is 6.75. The lowest BCUT2D eigenvalue weighted by Crippen LogP contribution is -2.38. The van der Waals surface area contributed by atoms with E-state index in [2.05, 4.69) is 28.8 Å². The fraction of sp³-hybridized carbons (Fsp3) is 0.647. The van der Waals surface area contributed by atoms with Gasteiger partial charge in [0.25, 0.3) is 0 Å². The fourth-order valence-corrected chi connectivity index (χ4v) is 3.64. The molecule has 2 aromatic heterocycles. The van der Waals surface area contributed by atoms with Gasteiger partial charge in [0.15, 0.2) is 0 Å². The van der Waals surface area contributed by atoms with Crippen LogP contribution < -0.4 is 0 Å². The third kappa shape index (κ3) is 3.19. The highest BCUT2D eigenvalue weighted by Crippen LogP contribution is 2.30. The highest BCUT2D eigenvalue weighted by atomic mass is 16.3. The lowest BCUT2D eigenvalue weighted by Gasteiger charge is -2.35. The summed E-state index contributed by atoms with van der Waals surface area (Å²) in [6, 6.07) is 0. The summed E-state index contributed by atoms with van der Waals surface area (Å²) in [5, 5.41) is 15.2. The maximum atomic E-state index is 10.7. The summed E-state index contributed by atoms with van der Waals surface area (Å²) in [7, 11) is 3.93. The number of aliphatic hydroxyl groups is 1. The van der Waals surface area contributed by atoms with Crippen molar-refractivity contribution in [3.8, 4) is 0 Å². The SMILES string of the molecule is Cc1nn(C)c(C)c1CN1CCCC(C(O)c2nccn2C)C1. The molecule has 1 saturated heterocycles. The summed E-state index contributed by atoms with van der Waals surface area (Å²) in [6.07, 6.45) is 5.32. The molecule has 1 aliphatic rings. The quantitative estimate of drug-likeness (QED) is 0.933. The first-order valence-corrected chi connectivity index (χ1v) is 8.34. The van der Waals surface area contributed by atoms with E-state index >= 15 is 0 Å². The van der Waals surface area contributed by atoms with Gasteiger partial charge < -0.3 is 9.67 Å². The number of rotatable bonds is 4. The van der Waals surface area contributed by atoms with E-state index in [0.29, 0.717) is 0 Å². The van der Waals surface area contributed by atoms with Crippen molar-refractivity contribution in [2.75, 3.05) is 13.1 Å². The fourth-order valence-electron chi connectivity index (χ4n) is 3.64. The van der Waals surface area contributed by atoms with Crippen LogP contribution in [-0.4, -0.2) is 42.4 Å². The van der Waals surface area contributed by atoms with Crippen LogP contribution in [0.5, 0.6) is 0 Å². The van der Waals surface area contributed by atoms with Gasteiger partial charge in [-0.15, -0.1) is 0 Å². The molecule has 3 rings (SSSR count). The van der Waals surface area contributed by atoms with E-state index < -0.39 is 6.10 Å². The number of piperidine rings is 1. The molecule has 1 N–H and O–H groups in total. The number of likely N-dealkylation sites (tertiary alicyclic amines) is 1. The van der Waals surface area contributed by atoms with Crippen molar-refractivity contribution in [1.82, 2.24) is 24.2 Å². The lowest BCUT2D eigenvalue weighted by atomic mass is 9.91. The molecule has 0 amide bonds. The molecule has 1 fully saturated rings. The van der Waals surface area contributed by atoms with E-state index in [1.165, 1.54) is 11.3 Å². The molecule has 3 heterocycles. The van der Waals surface area contributed by atoms with Crippen molar-refractivity contribution < 1.29 is 5.11 Å². The van der Waals surface area contributed by atoms with Gasteiger partial charge in [0.1, 0.15) is 11.9 Å². The van der Waals surface area contributed by atoms with Crippen molar-refractivity contribution in [3.05, 3.63) is 35.2 Å². The Kier molecular flexibility index (Phi) is 4.55. The second-order valence-corrected chi connectivity index (χ2v) is 6.75. The van der Waals surface area contributed by atoms with Crippen molar-refractivity contribution in [2.45, 2.75) is 39.3 Å². The summed E-state index contributed by atoms with van der Waals surface area (Å²) < 4.78 is 3.87. The highest BCUT2D eigenvalue weighted by molar-refractivity contribution is 5.24. The van der Waals surface area contributed by atoms with Gasteiger partial charge in [-0.25, -0.2) is 4.98 Å². The molecule has 0 aromatic carbocycles. The molecule has 0 aliphatic carbocycles.